The van der Waals surface area contributed by atoms with Gasteiger partial charge >= 0.3 is 0 Å². The van der Waals surface area contributed by atoms with E-state index in [0.29, 0.717) is 31.9 Å². The molecule has 1 unspecified atom stereocenters. The predicted molar refractivity (Wildman–Crippen MR) is 91.9 cm³/mol. The minimum absolute atomic E-state index is 0.0662. The zero-order chi connectivity index (χ0) is 16.5. The van der Waals surface area contributed by atoms with Crippen LogP contribution in [-0.2, 0) is 17.9 Å². The number of ether oxygens (including phenoxy) is 1. The van der Waals surface area contributed by atoms with E-state index in [1.807, 2.05) is 42.5 Å². The quantitative estimate of drug-likeness (QED) is 0.788. The highest BCUT2D eigenvalue weighted by Crippen LogP contribution is 2.05. The third kappa shape index (κ3) is 5.85. The van der Waals surface area contributed by atoms with Gasteiger partial charge in [0.2, 0.25) is 0 Å². The summed E-state index contributed by atoms with van der Waals surface area (Å²) in [5, 5.41) is 2.93. The van der Waals surface area contributed by atoms with Gasteiger partial charge < -0.3 is 15.8 Å². The Labute approximate surface area is 137 Å². The second-order valence-corrected chi connectivity index (χ2v) is 5.72. The molecule has 0 radical (unpaired) electrons. The lowest BCUT2D eigenvalue weighted by atomic mass is 10.1. The molecule has 23 heavy (non-hydrogen) atoms. The number of hydrogen-bond acceptors (Lipinski definition) is 3. The SMILES string of the molecule is CC(CNC(=O)c1ccc(CN)cc1)COCc1ccccc1. The van der Waals surface area contributed by atoms with Crippen molar-refractivity contribution in [2.24, 2.45) is 11.7 Å². The van der Waals surface area contributed by atoms with Crippen LogP contribution in [0.1, 0.15) is 28.4 Å². The van der Waals surface area contributed by atoms with E-state index in [-0.39, 0.29) is 11.8 Å². The summed E-state index contributed by atoms with van der Waals surface area (Å²) >= 11 is 0. The molecule has 122 valence electrons. The number of carbonyl (C=O) groups is 1. The molecular formula is C19H24N2O2. The summed E-state index contributed by atoms with van der Waals surface area (Å²) in [6.07, 6.45) is 0. The summed E-state index contributed by atoms with van der Waals surface area (Å²) in [6, 6.07) is 17.4. The summed E-state index contributed by atoms with van der Waals surface area (Å²) in [4.78, 5) is 12.1. The summed E-state index contributed by atoms with van der Waals surface area (Å²) in [5.74, 6) is 0.189. The molecule has 0 heterocycles. The summed E-state index contributed by atoms with van der Waals surface area (Å²) in [7, 11) is 0. The molecule has 0 fully saturated rings. The van der Waals surface area contributed by atoms with Crippen molar-refractivity contribution in [1.82, 2.24) is 5.32 Å². The third-order valence-electron chi connectivity index (χ3n) is 3.58. The van der Waals surface area contributed by atoms with Gasteiger partial charge in [0.15, 0.2) is 0 Å². The Morgan fingerprint density at radius 3 is 2.43 bits per heavy atom. The van der Waals surface area contributed by atoms with Crippen LogP contribution in [0.2, 0.25) is 0 Å². The molecule has 0 aliphatic heterocycles. The van der Waals surface area contributed by atoms with E-state index in [2.05, 4.69) is 12.2 Å². The standard InChI is InChI=1S/C19H24N2O2/c1-15(13-23-14-17-5-3-2-4-6-17)12-21-19(22)18-9-7-16(11-20)8-10-18/h2-10,15H,11-14,20H2,1H3,(H,21,22). The van der Waals surface area contributed by atoms with E-state index in [4.69, 9.17) is 10.5 Å². The van der Waals surface area contributed by atoms with Crippen LogP contribution >= 0.6 is 0 Å². The lowest BCUT2D eigenvalue weighted by Gasteiger charge is -2.13. The van der Waals surface area contributed by atoms with E-state index in [1.54, 1.807) is 12.1 Å². The smallest absolute Gasteiger partial charge is 0.251 e. The molecule has 0 aromatic heterocycles. The van der Waals surface area contributed by atoms with Gasteiger partial charge in [0.05, 0.1) is 13.2 Å². The maximum absolute atomic E-state index is 12.1. The molecule has 1 amide bonds. The topological polar surface area (TPSA) is 64.4 Å². The zero-order valence-electron chi connectivity index (χ0n) is 13.5. The first-order valence-corrected chi connectivity index (χ1v) is 7.88. The maximum Gasteiger partial charge on any atom is 0.251 e. The van der Waals surface area contributed by atoms with E-state index in [9.17, 15) is 4.79 Å². The van der Waals surface area contributed by atoms with Crippen LogP contribution in [0.3, 0.4) is 0 Å². The molecule has 0 saturated carbocycles. The summed E-state index contributed by atoms with van der Waals surface area (Å²) in [5.41, 5.74) is 8.37. The fraction of sp³-hybridized carbons (Fsp3) is 0.316. The monoisotopic (exact) mass is 312 g/mol. The van der Waals surface area contributed by atoms with Crippen LogP contribution in [0, 0.1) is 5.92 Å². The Balaban J connectivity index is 1.68. The van der Waals surface area contributed by atoms with Crippen molar-refractivity contribution in [3.05, 3.63) is 71.3 Å². The van der Waals surface area contributed by atoms with Crippen LogP contribution in [0.15, 0.2) is 54.6 Å². The minimum atomic E-state index is -0.0662. The normalized spacial score (nSPS) is 11.9. The van der Waals surface area contributed by atoms with Gasteiger partial charge in [0.1, 0.15) is 0 Å². The van der Waals surface area contributed by atoms with Crippen LogP contribution in [0.5, 0.6) is 0 Å². The van der Waals surface area contributed by atoms with Gasteiger partial charge in [-0.05, 0) is 29.2 Å². The molecular weight excluding hydrogens is 288 g/mol. The molecule has 3 N–H and O–H groups in total. The van der Waals surface area contributed by atoms with Crippen molar-refractivity contribution in [3.63, 3.8) is 0 Å². The fourth-order valence-corrected chi connectivity index (χ4v) is 2.17. The minimum Gasteiger partial charge on any atom is -0.376 e. The number of hydrogen-bond donors (Lipinski definition) is 2. The Kier molecular flexibility index (Phi) is 6.78. The van der Waals surface area contributed by atoms with Crippen molar-refractivity contribution >= 4 is 5.91 Å². The number of carbonyl (C=O) groups excluding carboxylic acids is 1. The third-order valence-corrected chi connectivity index (χ3v) is 3.58. The van der Waals surface area contributed by atoms with Crippen LogP contribution in [-0.4, -0.2) is 19.1 Å². The van der Waals surface area contributed by atoms with Crippen LogP contribution < -0.4 is 11.1 Å². The molecule has 0 aliphatic carbocycles. The molecule has 1 atom stereocenters. The lowest BCUT2D eigenvalue weighted by molar-refractivity contribution is 0.0843. The highest BCUT2D eigenvalue weighted by Gasteiger charge is 2.08. The second-order valence-electron chi connectivity index (χ2n) is 5.72. The van der Waals surface area contributed by atoms with Gasteiger partial charge in [-0.15, -0.1) is 0 Å². The highest BCUT2D eigenvalue weighted by atomic mass is 16.5. The highest BCUT2D eigenvalue weighted by molar-refractivity contribution is 5.94. The first-order chi connectivity index (χ1) is 11.2. The average molecular weight is 312 g/mol. The Morgan fingerprint density at radius 1 is 1.09 bits per heavy atom. The van der Waals surface area contributed by atoms with E-state index in [1.165, 1.54) is 0 Å². The predicted octanol–water partition coefficient (Wildman–Crippen LogP) is 2.73. The second kappa shape index (κ2) is 9.08. The van der Waals surface area contributed by atoms with Crippen molar-refractivity contribution in [1.29, 1.82) is 0 Å². The zero-order valence-corrected chi connectivity index (χ0v) is 13.5. The number of rotatable bonds is 8. The summed E-state index contributed by atoms with van der Waals surface area (Å²) < 4.78 is 5.68. The summed E-state index contributed by atoms with van der Waals surface area (Å²) in [6.45, 7) is 4.34. The number of nitrogens with two attached hydrogens (primary N) is 1. The van der Waals surface area contributed by atoms with Gasteiger partial charge in [-0.2, -0.15) is 0 Å². The number of amides is 1. The van der Waals surface area contributed by atoms with Gasteiger partial charge in [-0.3, -0.25) is 4.79 Å². The largest absolute Gasteiger partial charge is 0.376 e. The molecule has 0 spiro atoms. The van der Waals surface area contributed by atoms with E-state index in [0.717, 1.165) is 11.1 Å². The number of nitrogens with one attached hydrogen (secondary N) is 1. The molecule has 0 bridgehead atoms. The Morgan fingerprint density at radius 2 is 1.78 bits per heavy atom. The van der Waals surface area contributed by atoms with Gasteiger partial charge in [-0.1, -0.05) is 49.4 Å². The van der Waals surface area contributed by atoms with Crippen molar-refractivity contribution in [2.75, 3.05) is 13.2 Å². The Hall–Kier alpha value is -2.17. The first kappa shape index (κ1) is 17.2. The maximum atomic E-state index is 12.1. The van der Waals surface area contributed by atoms with Crippen molar-refractivity contribution in [3.8, 4) is 0 Å². The molecule has 2 aromatic rings. The molecule has 0 saturated heterocycles. The first-order valence-electron chi connectivity index (χ1n) is 7.88. The molecule has 0 aliphatic rings. The molecule has 4 heteroatoms. The van der Waals surface area contributed by atoms with Gasteiger partial charge in [-0.25, -0.2) is 0 Å². The van der Waals surface area contributed by atoms with E-state index >= 15 is 0 Å². The number of benzene rings is 2. The lowest BCUT2D eigenvalue weighted by Crippen LogP contribution is -2.30. The van der Waals surface area contributed by atoms with Gasteiger partial charge in [0.25, 0.3) is 5.91 Å². The van der Waals surface area contributed by atoms with E-state index < -0.39 is 0 Å². The van der Waals surface area contributed by atoms with Crippen LogP contribution in [0.25, 0.3) is 0 Å². The van der Waals surface area contributed by atoms with Crippen molar-refractivity contribution < 1.29 is 9.53 Å². The Bertz CT molecular complexity index is 597. The van der Waals surface area contributed by atoms with Crippen LogP contribution in [0.4, 0.5) is 0 Å². The molecule has 2 rings (SSSR count). The molecule has 4 nitrogen and oxygen atoms in total. The fourth-order valence-electron chi connectivity index (χ4n) is 2.17. The molecule has 2 aromatic carbocycles. The van der Waals surface area contributed by atoms with Crippen molar-refractivity contribution in [2.45, 2.75) is 20.1 Å². The average Bonchev–Trinajstić information content (AvgIpc) is 2.60. The van der Waals surface area contributed by atoms with Gasteiger partial charge in [0, 0.05) is 18.7 Å².